The number of aliphatic hydroxyl groups is 1. The van der Waals surface area contributed by atoms with Crippen molar-refractivity contribution in [3.8, 4) is 0 Å². The summed E-state index contributed by atoms with van der Waals surface area (Å²) in [7, 11) is -8.70. The molecule has 0 bridgehead atoms. The third-order valence-corrected chi connectivity index (χ3v) is 13.1. The lowest BCUT2D eigenvalue weighted by Crippen LogP contribution is -2.36. The predicted molar refractivity (Wildman–Crippen MR) is 150 cm³/mol. The second kappa shape index (κ2) is 12.5. The van der Waals surface area contributed by atoms with Crippen LogP contribution >= 0.6 is 0 Å². The molecule has 4 rings (SSSR count). The normalized spacial score (nSPS) is 24.6. The second-order valence-electron chi connectivity index (χ2n) is 11.1. The van der Waals surface area contributed by atoms with Crippen molar-refractivity contribution in [3.63, 3.8) is 0 Å². The smallest absolute Gasteiger partial charge is 0.339 e. The van der Waals surface area contributed by atoms with Crippen LogP contribution in [0.3, 0.4) is 0 Å². The highest BCUT2D eigenvalue weighted by atomic mass is 32.3. The number of carbonyl (C=O) groups is 1. The Kier molecular flexibility index (Phi) is 9.55. The number of carbonyl (C=O) groups excluding carboxylic acids is 1. The van der Waals surface area contributed by atoms with Crippen molar-refractivity contribution in [2.45, 2.75) is 85.7 Å². The first-order valence-electron chi connectivity index (χ1n) is 13.8. The fourth-order valence-electron chi connectivity index (χ4n) is 5.63. The van der Waals surface area contributed by atoms with Gasteiger partial charge in [-0.2, -0.15) is 0 Å². The van der Waals surface area contributed by atoms with Crippen molar-refractivity contribution in [1.82, 2.24) is 0 Å². The van der Waals surface area contributed by atoms with Crippen LogP contribution < -0.4 is 0 Å². The lowest BCUT2D eigenvalue weighted by molar-refractivity contribution is -0.179. The third-order valence-electron chi connectivity index (χ3n) is 7.92. The van der Waals surface area contributed by atoms with Gasteiger partial charge in [-0.15, -0.1) is 0 Å². The molecule has 1 aliphatic carbocycles. The molecular formula is C30H38O8S2. The summed E-state index contributed by atoms with van der Waals surface area (Å²) >= 11 is 0. The Morgan fingerprint density at radius 3 is 1.98 bits per heavy atom. The highest BCUT2D eigenvalue weighted by Gasteiger charge is 2.42. The largest absolute Gasteiger partial charge is 0.428 e. The van der Waals surface area contributed by atoms with Gasteiger partial charge in [-0.3, -0.25) is 0 Å². The van der Waals surface area contributed by atoms with Crippen LogP contribution in [0.5, 0.6) is 0 Å². The Balaban J connectivity index is 1.54. The Morgan fingerprint density at radius 2 is 1.45 bits per heavy atom. The number of sulfone groups is 2. The zero-order valence-electron chi connectivity index (χ0n) is 23.0. The second-order valence-corrected chi connectivity index (χ2v) is 15.7. The Morgan fingerprint density at radius 1 is 0.900 bits per heavy atom. The van der Waals surface area contributed by atoms with Crippen LogP contribution in [0, 0.1) is 17.8 Å². The molecule has 0 saturated heterocycles. The molecule has 1 fully saturated rings. The quantitative estimate of drug-likeness (QED) is 0.374. The maximum absolute atomic E-state index is 13.5. The summed E-state index contributed by atoms with van der Waals surface area (Å²) in [6.07, 6.45) is 1.23. The van der Waals surface area contributed by atoms with E-state index in [1.807, 2.05) is 0 Å². The van der Waals surface area contributed by atoms with Crippen LogP contribution in [0.25, 0.3) is 0 Å². The molecule has 0 amide bonds. The van der Waals surface area contributed by atoms with Crippen molar-refractivity contribution < 1.29 is 36.2 Å². The van der Waals surface area contributed by atoms with Gasteiger partial charge in [0.25, 0.3) is 0 Å². The van der Waals surface area contributed by atoms with Crippen molar-refractivity contribution in [2.24, 2.45) is 17.8 Å². The van der Waals surface area contributed by atoms with E-state index in [1.165, 1.54) is 54.6 Å². The average molecular weight is 591 g/mol. The molecule has 0 aromatic heterocycles. The van der Waals surface area contributed by atoms with Gasteiger partial charge < -0.3 is 14.6 Å². The standard InChI is InChI=1S/C30H38O8S2/c1-20(2)24-15-14-21(3)18-27(24)37-28-19-25(30(32)38-28)26(31)16-17-29(39(33,34)22-10-6-4-7-11-22)40(35,36)23-12-8-5-9-13-23/h4-13,19-21,24,26-29,31H,14-18H2,1-3H3/t21-,24+,26+,27-,28-/m1/s1. The van der Waals surface area contributed by atoms with Gasteiger partial charge >= 0.3 is 5.97 Å². The SMILES string of the molecule is CC(C)[C@@H]1CC[C@@H](C)C[C@H]1O[C@H]1C=C([C@@H](O)CCC(S(=O)(=O)c2ccccc2)S(=O)(=O)c2ccccc2)C(=O)O1. The van der Waals surface area contributed by atoms with Crippen LogP contribution in [0.2, 0.25) is 0 Å². The molecule has 1 heterocycles. The van der Waals surface area contributed by atoms with Crippen molar-refractivity contribution in [1.29, 1.82) is 0 Å². The molecule has 1 saturated carbocycles. The number of hydrogen-bond donors (Lipinski definition) is 1. The number of hydrogen-bond acceptors (Lipinski definition) is 8. The molecule has 0 spiro atoms. The first-order valence-corrected chi connectivity index (χ1v) is 16.8. The summed E-state index contributed by atoms with van der Waals surface area (Å²) in [5.41, 5.74) is -0.0528. The minimum atomic E-state index is -4.35. The molecule has 1 N–H and O–H groups in total. The number of ether oxygens (including phenoxy) is 2. The molecule has 10 heteroatoms. The van der Waals surface area contributed by atoms with Gasteiger partial charge in [0.05, 0.1) is 27.6 Å². The zero-order valence-corrected chi connectivity index (χ0v) is 24.7. The van der Waals surface area contributed by atoms with Crippen LogP contribution in [-0.2, 0) is 33.9 Å². The lowest BCUT2D eigenvalue weighted by atomic mass is 9.75. The molecular weight excluding hydrogens is 552 g/mol. The number of rotatable bonds is 11. The van der Waals surface area contributed by atoms with Gasteiger partial charge in [-0.25, -0.2) is 21.6 Å². The Labute approximate surface area is 237 Å². The van der Waals surface area contributed by atoms with E-state index >= 15 is 0 Å². The van der Waals surface area contributed by atoms with Crippen LogP contribution in [0.1, 0.15) is 52.9 Å². The number of aliphatic hydroxyl groups excluding tert-OH is 1. The molecule has 0 radical (unpaired) electrons. The fourth-order valence-corrected chi connectivity index (χ4v) is 10.2. The molecule has 2 aromatic carbocycles. The molecule has 40 heavy (non-hydrogen) atoms. The topological polar surface area (TPSA) is 124 Å². The number of esters is 1. The first-order chi connectivity index (χ1) is 18.9. The van der Waals surface area contributed by atoms with E-state index in [2.05, 4.69) is 20.8 Å². The van der Waals surface area contributed by atoms with Gasteiger partial charge in [0, 0.05) is 0 Å². The molecule has 5 atom stereocenters. The highest BCUT2D eigenvalue weighted by molar-refractivity contribution is 8.09. The summed E-state index contributed by atoms with van der Waals surface area (Å²) in [4.78, 5) is 12.4. The van der Waals surface area contributed by atoms with Gasteiger partial charge in [-0.05, 0) is 73.8 Å². The van der Waals surface area contributed by atoms with Gasteiger partial charge in [0.2, 0.25) is 6.29 Å². The summed E-state index contributed by atoms with van der Waals surface area (Å²) < 4.78 is 63.9. The number of cyclic esters (lactones) is 1. The minimum Gasteiger partial charge on any atom is -0.428 e. The summed E-state index contributed by atoms with van der Waals surface area (Å²) in [6, 6.07) is 14.7. The van der Waals surface area contributed by atoms with Gasteiger partial charge in [0.15, 0.2) is 24.3 Å². The van der Waals surface area contributed by atoms with Gasteiger partial charge in [-0.1, -0.05) is 63.6 Å². The van der Waals surface area contributed by atoms with E-state index in [-0.39, 0.29) is 27.9 Å². The van der Waals surface area contributed by atoms with E-state index < -0.39 is 49.0 Å². The monoisotopic (exact) mass is 590 g/mol. The fraction of sp³-hybridized carbons (Fsp3) is 0.500. The van der Waals surface area contributed by atoms with E-state index in [0.717, 1.165) is 19.3 Å². The average Bonchev–Trinajstić information content (AvgIpc) is 3.29. The van der Waals surface area contributed by atoms with Crippen molar-refractivity contribution in [2.75, 3.05) is 0 Å². The molecule has 0 unspecified atom stereocenters. The minimum absolute atomic E-state index is 0.0528. The molecule has 2 aliphatic rings. The Bertz CT molecular complexity index is 1330. The summed E-state index contributed by atoms with van der Waals surface area (Å²) in [5.74, 6) is 0.458. The molecule has 2 aromatic rings. The zero-order chi connectivity index (χ0) is 29.1. The summed E-state index contributed by atoms with van der Waals surface area (Å²) in [5, 5.41) is 10.9. The predicted octanol–water partition coefficient (Wildman–Crippen LogP) is 4.69. The van der Waals surface area contributed by atoms with E-state index in [9.17, 15) is 26.7 Å². The first kappa shape index (κ1) is 30.4. The van der Waals surface area contributed by atoms with Gasteiger partial charge in [0.1, 0.15) is 0 Å². The maximum Gasteiger partial charge on any atom is 0.339 e. The summed E-state index contributed by atoms with van der Waals surface area (Å²) in [6.45, 7) is 6.46. The van der Waals surface area contributed by atoms with Crippen LogP contribution in [-0.4, -0.2) is 51.0 Å². The highest BCUT2D eigenvalue weighted by Crippen LogP contribution is 2.37. The lowest BCUT2D eigenvalue weighted by Gasteiger charge is -2.37. The van der Waals surface area contributed by atoms with E-state index in [0.29, 0.717) is 17.8 Å². The molecule has 8 nitrogen and oxygen atoms in total. The molecule has 218 valence electrons. The van der Waals surface area contributed by atoms with Crippen molar-refractivity contribution >= 4 is 25.6 Å². The van der Waals surface area contributed by atoms with Crippen LogP contribution in [0.15, 0.2) is 82.1 Å². The number of benzene rings is 2. The third kappa shape index (κ3) is 6.67. The Hall–Kier alpha value is -2.53. The van der Waals surface area contributed by atoms with Crippen LogP contribution in [0.4, 0.5) is 0 Å². The van der Waals surface area contributed by atoms with Crippen molar-refractivity contribution in [3.05, 3.63) is 72.3 Å². The van der Waals surface area contributed by atoms with E-state index in [4.69, 9.17) is 9.47 Å². The van der Waals surface area contributed by atoms with E-state index in [1.54, 1.807) is 12.1 Å². The maximum atomic E-state index is 13.5. The molecule has 1 aliphatic heterocycles.